The molecular formula is C21H21N5O3. The van der Waals surface area contributed by atoms with E-state index in [1.54, 1.807) is 44.8 Å². The molecule has 0 unspecified atom stereocenters. The van der Waals surface area contributed by atoms with Crippen molar-refractivity contribution in [2.24, 2.45) is 0 Å². The number of hydrogen-bond acceptors (Lipinski definition) is 5. The van der Waals surface area contributed by atoms with E-state index in [0.717, 1.165) is 5.56 Å². The quantitative estimate of drug-likeness (QED) is 0.733. The summed E-state index contributed by atoms with van der Waals surface area (Å²) in [5.74, 6) is 0.193. The Balaban J connectivity index is 1.49. The highest BCUT2D eigenvalue weighted by Gasteiger charge is 2.36. The zero-order chi connectivity index (χ0) is 20.4. The van der Waals surface area contributed by atoms with Crippen LogP contribution in [0.1, 0.15) is 23.0 Å². The second-order valence-corrected chi connectivity index (χ2v) is 6.91. The molecule has 8 heteroatoms. The van der Waals surface area contributed by atoms with E-state index in [-0.39, 0.29) is 11.6 Å². The Kier molecular flexibility index (Phi) is 4.99. The number of nitrogens with one attached hydrogen (secondary N) is 1. The molecule has 1 N–H and O–H groups in total. The molecular weight excluding hydrogens is 370 g/mol. The van der Waals surface area contributed by atoms with Crippen LogP contribution in [0, 0.1) is 0 Å². The number of aromatic nitrogens is 3. The lowest BCUT2D eigenvalue weighted by atomic mass is 10.1. The van der Waals surface area contributed by atoms with E-state index in [2.05, 4.69) is 15.3 Å². The van der Waals surface area contributed by atoms with Gasteiger partial charge in [-0.1, -0.05) is 30.3 Å². The number of ether oxygens (including phenoxy) is 1. The molecule has 3 aromatic rings. The van der Waals surface area contributed by atoms with E-state index in [1.807, 2.05) is 34.9 Å². The van der Waals surface area contributed by atoms with Crippen LogP contribution in [0.3, 0.4) is 0 Å². The summed E-state index contributed by atoms with van der Waals surface area (Å²) in [6, 6.07) is 12.5. The van der Waals surface area contributed by atoms with Crippen LogP contribution < -0.4 is 15.0 Å². The van der Waals surface area contributed by atoms with Gasteiger partial charge in [-0.15, -0.1) is 0 Å². The van der Waals surface area contributed by atoms with Crippen LogP contribution in [0.2, 0.25) is 0 Å². The molecule has 2 amide bonds. The van der Waals surface area contributed by atoms with Crippen molar-refractivity contribution < 1.29 is 14.3 Å². The Bertz CT molecular complexity index is 1030. The first kappa shape index (κ1) is 18.7. The third kappa shape index (κ3) is 3.82. The van der Waals surface area contributed by atoms with E-state index in [4.69, 9.17) is 4.74 Å². The SMILES string of the molecule is C[C@H]1Oc2cccnc2N(C)C(=O)[C@H]1NC(=O)c1cn(Cc2ccccc2)cn1. The number of carbonyl (C=O) groups excluding carboxylic acids is 2. The molecule has 3 heterocycles. The molecule has 1 aromatic carbocycles. The van der Waals surface area contributed by atoms with Crippen molar-refractivity contribution in [3.63, 3.8) is 0 Å². The zero-order valence-electron chi connectivity index (χ0n) is 16.1. The molecule has 148 valence electrons. The Morgan fingerprint density at radius 1 is 1.17 bits per heavy atom. The molecule has 0 radical (unpaired) electrons. The number of anilines is 1. The van der Waals surface area contributed by atoms with E-state index >= 15 is 0 Å². The summed E-state index contributed by atoms with van der Waals surface area (Å²) in [6.07, 6.45) is 4.29. The Morgan fingerprint density at radius 2 is 1.97 bits per heavy atom. The highest BCUT2D eigenvalue weighted by molar-refractivity contribution is 6.02. The molecule has 0 saturated carbocycles. The van der Waals surface area contributed by atoms with Gasteiger partial charge < -0.3 is 14.6 Å². The van der Waals surface area contributed by atoms with Crippen LogP contribution in [0.15, 0.2) is 61.2 Å². The zero-order valence-corrected chi connectivity index (χ0v) is 16.1. The summed E-state index contributed by atoms with van der Waals surface area (Å²) >= 11 is 0. The van der Waals surface area contributed by atoms with Crippen LogP contribution in [0.25, 0.3) is 0 Å². The number of fused-ring (bicyclic) bond motifs is 1. The molecule has 0 spiro atoms. The maximum Gasteiger partial charge on any atom is 0.272 e. The molecule has 1 aliphatic rings. The largest absolute Gasteiger partial charge is 0.484 e. The number of amides is 2. The summed E-state index contributed by atoms with van der Waals surface area (Å²) in [6.45, 7) is 2.35. The second-order valence-electron chi connectivity index (χ2n) is 6.91. The van der Waals surface area contributed by atoms with E-state index in [1.165, 1.54) is 4.90 Å². The van der Waals surface area contributed by atoms with Crippen molar-refractivity contribution in [3.05, 3.63) is 72.4 Å². The number of imidazole rings is 1. The van der Waals surface area contributed by atoms with Gasteiger partial charge in [0.25, 0.3) is 11.8 Å². The predicted octanol–water partition coefficient (Wildman–Crippen LogP) is 1.87. The summed E-state index contributed by atoms with van der Waals surface area (Å²) in [5.41, 5.74) is 1.34. The van der Waals surface area contributed by atoms with Crippen LogP contribution >= 0.6 is 0 Å². The molecule has 0 bridgehead atoms. The van der Waals surface area contributed by atoms with Crippen molar-refractivity contribution in [2.75, 3.05) is 11.9 Å². The molecule has 0 aliphatic carbocycles. The topological polar surface area (TPSA) is 89.4 Å². The van der Waals surface area contributed by atoms with Crippen molar-refractivity contribution in [3.8, 4) is 5.75 Å². The molecule has 2 atom stereocenters. The molecule has 29 heavy (non-hydrogen) atoms. The number of likely N-dealkylation sites (N-methyl/N-ethyl adjacent to an activating group) is 1. The summed E-state index contributed by atoms with van der Waals surface area (Å²) in [5, 5.41) is 2.76. The van der Waals surface area contributed by atoms with E-state index < -0.39 is 18.1 Å². The van der Waals surface area contributed by atoms with Gasteiger partial charge in [0.1, 0.15) is 17.8 Å². The fraction of sp³-hybridized carbons (Fsp3) is 0.238. The van der Waals surface area contributed by atoms with Crippen molar-refractivity contribution in [2.45, 2.75) is 25.6 Å². The van der Waals surface area contributed by atoms with Crippen LogP contribution in [0.4, 0.5) is 5.82 Å². The third-order valence-corrected chi connectivity index (χ3v) is 4.81. The van der Waals surface area contributed by atoms with Crippen LogP contribution in [-0.4, -0.2) is 45.5 Å². The fourth-order valence-corrected chi connectivity index (χ4v) is 3.26. The number of hydrogen-bond donors (Lipinski definition) is 1. The normalized spacial score (nSPS) is 18.6. The van der Waals surface area contributed by atoms with Crippen molar-refractivity contribution in [1.29, 1.82) is 0 Å². The molecule has 8 nitrogen and oxygen atoms in total. The van der Waals surface area contributed by atoms with Crippen LogP contribution in [-0.2, 0) is 11.3 Å². The first-order valence-corrected chi connectivity index (χ1v) is 9.29. The molecule has 0 saturated heterocycles. The minimum Gasteiger partial charge on any atom is -0.484 e. The van der Waals surface area contributed by atoms with Gasteiger partial charge in [0, 0.05) is 26.0 Å². The lowest BCUT2D eigenvalue weighted by Crippen LogP contribution is -2.53. The minimum absolute atomic E-state index is 0.239. The maximum absolute atomic E-state index is 12.9. The lowest BCUT2D eigenvalue weighted by molar-refractivity contribution is -0.121. The molecule has 2 aromatic heterocycles. The van der Waals surface area contributed by atoms with Gasteiger partial charge in [-0.05, 0) is 24.6 Å². The van der Waals surface area contributed by atoms with Gasteiger partial charge in [0.2, 0.25) is 0 Å². The van der Waals surface area contributed by atoms with Crippen LogP contribution in [0.5, 0.6) is 5.75 Å². The van der Waals surface area contributed by atoms with Gasteiger partial charge in [-0.25, -0.2) is 9.97 Å². The lowest BCUT2D eigenvalue weighted by Gasteiger charge is -2.23. The predicted molar refractivity (Wildman–Crippen MR) is 107 cm³/mol. The second kappa shape index (κ2) is 7.75. The molecule has 4 rings (SSSR count). The standard InChI is InChI=1S/C21H21N5O3/c1-14-18(21(28)25(2)19-17(29-14)9-6-10-22-19)24-20(27)16-12-26(13-23-16)11-15-7-4-3-5-8-15/h3-10,12-14,18H,11H2,1-2H3,(H,24,27)/t14-,18+/m1/s1. The highest BCUT2D eigenvalue weighted by Crippen LogP contribution is 2.29. The van der Waals surface area contributed by atoms with Crippen molar-refractivity contribution >= 4 is 17.6 Å². The highest BCUT2D eigenvalue weighted by atomic mass is 16.5. The van der Waals surface area contributed by atoms with Gasteiger partial charge in [0.05, 0.1) is 6.33 Å². The van der Waals surface area contributed by atoms with E-state index in [0.29, 0.717) is 18.1 Å². The molecule has 0 fully saturated rings. The summed E-state index contributed by atoms with van der Waals surface area (Å²) in [4.78, 5) is 35.4. The van der Waals surface area contributed by atoms with Gasteiger partial charge >= 0.3 is 0 Å². The Labute approximate surface area is 168 Å². The van der Waals surface area contributed by atoms with Crippen molar-refractivity contribution in [1.82, 2.24) is 19.9 Å². The first-order chi connectivity index (χ1) is 14.0. The minimum atomic E-state index is -0.860. The number of nitrogens with zero attached hydrogens (tertiary/aromatic N) is 4. The Morgan fingerprint density at radius 3 is 2.76 bits per heavy atom. The number of carbonyl (C=O) groups is 2. The third-order valence-electron chi connectivity index (χ3n) is 4.81. The van der Waals surface area contributed by atoms with Gasteiger partial charge in [-0.2, -0.15) is 0 Å². The average Bonchev–Trinajstić information content (AvgIpc) is 3.17. The number of rotatable bonds is 4. The smallest absolute Gasteiger partial charge is 0.272 e. The summed E-state index contributed by atoms with van der Waals surface area (Å²) in [7, 11) is 1.61. The van der Waals surface area contributed by atoms with Gasteiger partial charge in [-0.3, -0.25) is 14.5 Å². The maximum atomic E-state index is 12.9. The first-order valence-electron chi connectivity index (χ1n) is 9.29. The van der Waals surface area contributed by atoms with Gasteiger partial charge in [0.15, 0.2) is 11.6 Å². The Hall–Kier alpha value is -3.68. The van der Waals surface area contributed by atoms with E-state index in [9.17, 15) is 9.59 Å². The number of pyridine rings is 1. The number of benzene rings is 1. The molecule has 1 aliphatic heterocycles. The monoisotopic (exact) mass is 391 g/mol. The fourth-order valence-electron chi connectivity index (χ4n) is 3.26. The average molecular weight is 391 g/mol. The summed E-state index contributed by atoms with van der Waals surface area (Å²) < 4.78 is 7.69.